The summed E-state index contributed by atoms with van der Waals surface area (Å²) in [5.74, 6) is -1.45. The lowest BCUT2D eigenvalue weighted by molar-refractivity contribution is -0.119. The second-order valence-electron chi connectivity index (χ2n) is 36.4. The number of primary amides is 1. The Labute approximate surface area is 811 Å². The first-order valence-corrected chi connectivity index (χ1v) is 47.7. The molecular weight excluding hydrogens is 1760 g/mol. The average Bonchev–Trinajstić information content (AvgIpc) is 1.38. The van der Waals surface area contributed by atoms with Crippen molar-refractivity contribution in [1.82, 2.24) is 78.2 Å². The number of imidazole rings is 3. The van der Waals surface area contributed by atoms with Gasteiger partial charge in [-0.2, -0.15) is 0 Å². The van der Waals surface area contributed by atoms with Crippen molar-refractivity contribution in [2.75, 3.05) is 39.3 Å². The van der Waals surface area contributed by atoms with Crippen LogP contribution >= 0.6 is 0 Å². The number of benzene rings is 12. The normalized spacial score (nSPS) is 14.2. The van der Waals surface area contributed by atoms with Gasteiger partial charge in [0.25, 0.3) is 11.1 Å². The number of amides is 1. The van der Waals surface area contributed by atoms with Gasteiger partial charge >= 0.3 is 17.1 Å². The average molecular weight is 1870 g/mol. The maximum absolute atomic E-state index is 13.4. The van der Waals surface area contributed by atoms with Crippen molar-refractivity contribution in [3.05, 3.63) is 436 Å². The molecule has 3 aliphatic heterocycles. The van der Waals surface area contributed by atoms with Gasteiger partial charge in [-0.05, 0) is 133 Å². The van der Waals surface area contributed by atoms with Crippen LogP contribution < -0.4 is 39.7 Å². The molecule has 141 heavy (non-hydrogen) atoms. The van der Waals surface area contributed by atoms with E-state index in [4.69, 9.17) is 21.4 Å². The molecule has 1 atom stereocenters. The van der Waals surface area contributed by atoms with Gasteiger partial charge in [0.2, 0.25) is 17.5 Å². The van der Waals surface area contributed by atoms with Crippen LogP contribution in [0.4, 0.5) is 0 Å². The molecule has 1 unspecified atom stereocenters. The molecule has 23 rings (SSSR count). The molecule has 708 valence electrons. The van der Waals surface area contributed by atoms with Gasteiger partial charge < -0.3 is 51.3 Å². The number of nitrogens with one attached hydrogen (secondary N) is 8. The van der Waals surface area contributed by atoms with Crippen LogP contribution in [-0.2, 0) is 43.7 Å². The van der Waals surface area contributed by atoms with Crippen molar-refractivity contribution in [2.45, 2.75) is 109 Å². The third kappa shape index (κ3) is 20.7. The molecule has 1 amide bonds. The van der Waals surface area contributed by atoms with Crippen LogP contribution in [0.2, 0.25) is 0 Å². The smallest absolute Gasteiger partial charge is 0.326 e. The Hall–Kier alpha value is -16.5. The van der Waals surface area contributed by atoms with Crippen LogP contribution in [0.5, 0.6) is 0 Å². The molecule has 26 heteroatoms. The van der Waals surface area contributed by atoms with Gasteiger partial charge in [-0.1, -0.05) is 262 Å². The third-order valence-electron chi connectivity index (χ3n) is 27.4. The van der Waals surface area contributed by atoms with Crippen LogP contribution in [0.1, 0.15) is 130 Å². The number of para-hydroxylation sites is 9. The van der Waals surface area contributed by atoms with Crippen molar-refractivity contribution < 1.29 is 14.4 Å². The van der Waals surface area contributed by atoms with E-state index in [2.05, 4.69) is 115 Å². The minimum atomic E-state index is -0.621. The molecule has 0 saturated carbocycles. The topological polar surface area (TPSA) is 365 Å². The number of rotatable bonds is 23. The molecule has 0 aliphatic carbocycles. The van der Waals surface area contributed by atoms with E-state index in [1.165, 1.54) is 11.1 Å². The molecule has 0 spiro atoms. The number of carbonyl (C=O) groups is 3. The molecule has 11 heterocycles. The van der Waals surface area contributed by atoms with Crippen molar-refractivity contribution in [3.8, 4) is 45.0 Å². The highest BCUT2D eigenvalue weighted by Crippen LogP contribution is 2.36. The number of aromatic amines is 8. The largest absolute Gasteiger partial charge is 0.368 e. The summed E-state index contributed by atoms with van der Waals surface area (Å²) in [6.45, 7) is 7.93. The van der Waals surface area contributed by atoms with Gasteiger partial charge in [-0.3, -0.25) is 52.4 Å². The molecule has 0 bridgehead atoms. The Morgan fingerprint density at radius 3 is 0.993 bits per heavy atom. The first-order chi connectivity index (χ1) is 68.5. The van der Waals surface area contributed by atoms with Crippen molar-refractivity contribution >= 4 is 83.3 Å². The highest BCUT2D eigenvalue weighted by Gasteiger charge is 2.30. The number of nitrogens with two attached hydrogens (primary N) is 2. The number of fused-ring (bicyclic) bond motifs is 6. The molecule has 12 N–H and O–H groups in total. The van der Waals surface area contributed by atoms with Gasteiger partial charge in [-0.25, -0.2) is 24.4 Å². The van der Waals surface area contributed by atoms with E-state index in [1.54, 1.807) is 36.4 Å². The first-order valence-electron chi connectivity index (χ1n) is 47.7. The Bertz CT molecular complexity index is 8160. The molecular formula is C115H110N18O8. The number of carbonyl (C=O) groups excluding carboxylic acids is 3. The van der Waals surface area contributed by atoms with E-state index in [0.717, 1.165) is 231 Å². The number of aromatic nitrogens is 13. The number of piperidine rings is 3. The fraction of sp³-hybridized carbons (Fsp3) is 0.200. The second-order valence-corrected chi connectivity index (χ2v) is 36.4. The summed E-state index contributed by atoms with van der Waals surface area (Å²) in [7, 11) is 0. The van der Waals surface area contributed by atoms with Gasteiger partial charge in [0.05, 0.1) is 61.9 Å². The maximum atomic E-state index is 13.4. The highest BCUT2D eigenvalue weighted by atomic mass is 16.2. The summed E-state index contributed by atoms with van der Waals surface area (Å²) in [5.41, 5.74) is 34.1. The number of likely N-dealkylation sites (tertiary alicyclic amines) is 3. The van der Waals surface area contributed by atoms with Gasteiger partial charge in [-0.15, -0.1) is 0 Å². The number of hydrogen-bond acceptors (Lipinski definition) is 14. The van der Waals surface area contributed by atoms with E-state index in [-0.39, 0.29) is 53.7 Å². The molecule has 8 aromatic heterocycles. The molecule has 20 aromatic rings. The van der Waals surface area contributed by atoms with Crippen LogP contribution in [0.3, 0.4) is 0 Å². The first kappa shape index (κ1) is 93.5. The van der Waals surface area contributed by atoms with E-state index in [1.807, 2.05) is 245 Å². The summed E-state index contributed by atoms with van der Waals surface area (Å²) in [6.07, 6.45) is 12.7. The quantitative estimate of drug-likeness (QED) is 0.0210. The lowest BCUT2D eigenvalue weighted by atomic mass is 10.00. The SMILES string of the molecule is C.NC(=O)C(N)Cc1c[nH]c2ccccc12.O=C(C(=O)c1ccc(CN2CCC(n3c(=O)[nH]c4ccccc43)CC2)cc1)c1ccccc1.O=c1[nH]c(-c2ccc(CN3CCC(n4c(=O)[nH]c5ccccc54)CC3)cc2)c(-c2ccccc2)nc1Cc1c[nH]c2ccccc12.O=c1[nH]c(-c2ccccc2)c(-c2ccc(CN3CCC(n4c(=O)[nH]c5ccccc54)CC3)cc2)nc1Cc1c[nH]c2ccccc12. The lowest BCUT2D eigenvalue weighted by Gasteiger charge is -2.32. The summed E-state index contributed by atoms with van der Waals surface area (Å²) < 4.78 is 5.78. The van der Waals surface area contributed by atoms with Crippen molar-refractivity contribution in [1.29, 1.82) is 0 Å². The zero-order valence-corrected chi connectivity index (χ0v) is 77.2. The molecule has 0 radical (unpaired) electrons. The predicted molar refractivity (Wildman–Crippen MR) is 559 cm³/mol. The minimum Gasteiger partial charge on any atom is -0.368 e. The highest BCUT2D eigenvalue weighted by molar-refractivity contribution is 6.49. The number of hydrogen-bond donors (Lipinski definition) is 10. The standard InChI is InChI=1S/2C38H34N6O2.C27H25N3O3.C11H13N3O.CH4/c45-37-33(22-28-23-39-31-11-5-4-10-30(28)31)40-35(36(42-37)26-8-2-1-3-9-26)27-16-14-25(15-17-27)24-43-20-18-29(19-21-43)44-34-13-7-6-12-32(34)41-38(44)46;45-37-33(22-28-23-39-31-11-5-4-10-30(28)31)40-35(26-8-2-1-3-9-26)36(42-37)27-16-14-25(15-17-27)24-43-20-18-29(19-21-43)44-34-13-7-6-12-32(34)41-38(44)46;31-25(20-6-2-1-3-7-20)26(32)21-12-10-19(11-13-21)18-29-16-14-22(15-17-29)30-24-9-5-4-8-23(24)28-27(30)33;12-9(11(13)15)5-7-6-14-10-4-2-1-3-8(7)10;/h2*1-17,23,29,39H,18-22,24H2,(H,41,46)(H,42,45);1-13,22H,14-18H2,(H,28,33);1-4,6,9,14H,5,12H2,(H2,13,15);1H4. The Kier molecular flexibility index (Phi) is 28.0. The second kappa shape index (κ2) is 42.2. The van der Waals surface area contributed by atoms with Crippen LogP contribution in [0.25, 0.3) is 111 Å². The number of Topliss-reactive ketones (excluding diaryl/α,β-unsaturated/α-hetero) is 2. The lowest BCUT2D eigenvalue weighted by Crippen LogP contribution is -2.38. The molecule has 3 fully saturated rings. The third-order valence-corrected chi connectivity index (χ3v) is 27.4. The number of H-pyrrole nitrogens is 8. The summed E-state index contributed by atoms with van der Waals surface area (Å²) in [5, 5.41) is 3.29. The van der Waals surface area contributed by atoms with E-state index >= 15 is 0 Å². The fourth-order valence-electron chi connectivity index (χ4n) is 20.1. The van der Waals surface area contributed by atoms with Crippen molar-refractivity contribution in [2.24, 2.45) is 11.5 Å². The molecule has 12 aromatic carbocycles. The van der Waals surface area contributed by atoms with Crippen molar-refractivity contribution in [3.63, 3.8) is 0 Å². The van der Waals surface area contributed by atoms with Gasteiger partial charge in [0.15, 0.2) is 0 Å². The van der Waals surface area contributed by atoms with E-state index in [9.17, 15) is 38.4 Å². The van der Waals surface area contributed by atoms with Crippen LogP contribution in [-0.4, -0.2) is 141 Å². The molecule has 3 saturated heterocycles. The Morgan fingerprint density at radius 1 is 0.326 bits per heavy atom. The Balaban J connectivity index is 0.000000126. The van der Waals surface area contributed by atoms with E-state index < -0.39 is 23.5 Å². The number of nitrogens with zero attached hydrogens (tertiary/aromatic N) is 8. The predicted octanol–water partition coefficient (Wildman–Crippen LogP) is 18.7. The summed E-state index contributed by atoms with van der Waals surface area (Å²) >= 11 is 0. The summed E-state index contributed by atoms with van der Waals surface area (Å²) in [4.78, 5) is 143. The number of ketones is 2. The summed E-state index contributed by atoms with van der Waals surface area (Å²) in [6, 6.07) is 101. The molecule has 26 nitrogen and oxygen atoms in total. The zero-order chi connectivity index (χ0) is 95.7. The van der Waals surface area contributed by atoms with Gasteiger partial charge in [0.1, 0.15) is 11.4 Å². The van der Waals surface area contributed by atoms with Crippen LogP contribution in [0, 0.1) is 0 Å². The monoisotopic (exact) mass is 1870 g/mol. The zero-order valence-electron chi connectivity index (χ0n) is 77.2. The van der Waals surface area contributed by atoms with Gasteiger partial charge in [0, 0.05) is 175 Å². The van der Waals surface area contributed by atoms with Crippen LogP contribution in [0.15, 0.2) is 352 Å². The fourth-order valence-corrected chi connectivity index (χ4v) is 20.1. The van der Waals surface area contributed by atoms with E-state index in [0.29, 0.717) is 41.8 Å². The minimum absolute atomic E-state index is 0. The maximum Gasteiger partial charge on any atom is 0.326 e. The Morgan fingerprint density at radius 2 is 0.617 bits per heavy atom. The molecule has 3 aliphatic rings.